The summed E-state index contributed by atoms with van der Waals surface area (Å²) in [6.45, 7) is 6.22. The summed E-state index contributed by atoms with van der Waals surface area (Å²) in [7, 11) is 3.45. The molecule has 0 spiro atoms. The minimum atomic E-state index is 0.00304. The molecule has 1 N–H and O–H groups in total. The molecule has 0 aromatic carbocycles. The molecule has 0 fully saturated rings. The van der Waals surface area contributed by atoms with Crippen LogP contribution in [-0.2, 0) is 11.3 Å². The molecule has 0 radical (unpaired) electrons. The van der Waals surface area contributed by atoms with Crippen LogP contribution in [0, 0.1) is 0 Å². The SMILES string of the molecule is CCNCc1nnc(N(CC)CC(=O)N(C)C)o1. The Hall–Kier alpha value is -1.63. The number of nitrogens with zero attached hydrogens (tertiary/aromatic N) is 4. The van der Waals surface area contributed by atoms with Crippen LogP contribution in [0.25, 0.3) is 0 Å². The maximum atomic E-state index is 11.6. The Morgan fingerprint density at radius 3 is 2.61 bits per heavy atom. The average molecular weight is 255 g/mol. The Labute approximate surface area is 107 Å². The number of carbonyl (C=O) groups excluding carboxylic acids is 1. The number of aromatic nitrogens is 2. The normalized spacial score (nSPS) is 10.4. The van der Waals surface area contributed by atoms with Gasteiger partial charge in [0.15, 0.2) is 0 Å². The van der Waals surface area contributed by atoms with Crippen LogP contribution in [0.4, 0.5) is 6.01 Å². The molecule has 7 heteroatoms. The van der Waals surface area contributed by atoms with Gasteiger partial charge in [-0.2, -0.15) is 0 Å². The van der Waals surface area contributed by atoms with Crippen molar-refractivity contribution in [3.8, 4) is 0 Å². The largest absolute Gasteiger partial charge is 0.407 e. The second kappa shape index (κ2) is 6.95. The van der Waals surface area contributed by atoms with Crippen molar-refractivity contribution in [2.24, 2.45) is 0 Å². The van der Waals surface area contributed by atoms with E-state index in [-0.39, 0.29) is 12.5 Å². The summed E-state index contributed by atoms with van der Waals surface area (Å²) in [5.41, 5.74) is 0. The maximum absolute atomic E-state index is 11.6. The average Bonchev–Trinajstić information content (AvgIpc) is 2.81. The lowest BCUT2D eigenvalue weighted by Gasteiger charge is -2.19. The number of hydrogen-bond acceptors (Lipinski definition) is 6. The van der Waals surface area contributed by atoms with Gasteiger partial charge in [0.05, 0.1) is 6.54 Å². The molecule has 1 aromatic heterocycles. The molecule has 0 aliphatic rings. The Morgan fingerprint density at radius 1 is 1.33 bits per heavy atom. The predicted molar refractivity (Wildman–Crippen MR) is 68.3 cm³/mol. The molecular weight excluding hydrogens is 234 g/mol. The van der Waals surface area contributed by atoms with Gasteiger partial charge in [0.25, 0.3) is 0 Å². The van der Waals surface area contributed by atoms with Gasteiger partial charge in [-0.1, -0.05) is 12.0 Å². The van der Waals surface area contributed by atoms with Gasteiger partial charge in [-0.05, 0) is 13.5 Å². The lowest BCUT2D eigenvalue weighted by atomic mass is 10.4. The van der Waals surface area contributed by atoms with E-state index in [1.807, 2.05) is 13.8 Å². The van der Waals surface area contributed by atoms with Crippen molar-refractivity contribution >= 4 is 11.9 Å². The minimum absolute atomic E-state index is 0.00304. The topological polar surface area (TPSA) is 74.5 Å². The van der Waals surface area contributed by atoms with E-state index in [4.69, 9.17) is 4.42 Å². The molecule has 0 bridgehead atoms. The molecule has 0 unspecified atom stereocenters. The van der Waals surface area contributed by atoms with E-state index >= 15 is 0 Å². The molecular formula is C11H21N5O2. The number of hydrogen-bond donors (Lipinski definition) is 1. The van der Waals surface area contributed by atoms with E-state index in [9.17, 15) is 4.79 Å². The van der Waals surface area contributed by atoms with Crippen LogP contribution >= 0.6 is 0 Å². The zero-order valence-electron chi connectivity index (χ0n) is 11.4. The smallest absolute Gasteiger partial charge is 0.318 e. The van der Waals surface area contributed by atoms with Crippen LogP contribution in [0.1, 0.15) is 19.7 Å². The van der Waals surface area contributed by atoms with E-state index in [0.29, 0.717) is 25.0 Å². The highest BCUT2D eigenvalue weighted by atomic mass is 16.4. The third-order valence-corrected chi connectivity index (χ3v) is 2.46. The van der Waals surface area contributed by atoms with Crippen LogP contribution in [0.2, 0.25) is 0 Å². The molecule has 18 heavy (non-hydrogen) atoms. The van der Waals surface area contributed by atoms with Crippen LogP contribution in [0.15, 0.2) is 4.42 Å². The fourth-order valence-electron chi connectivity index (χ4n) is 1.30. The summed E-state index contributed by atoms with van der Waals surface area (Å²) in [5, 5.41) is 11.0. The van der Waals surface area contributed by atoms with Crippen molar-refractivity contribution in [1.82, 2.24) is 20.4 Å². The third-order valence-electron chi connectivity index (χ3n) is 2.46. The van der Waals surface area contributed by atoms with Gasteiger partial charge in [0.2, 0.25) is 11.8 Å². The van der Waals surface area contributed by atoms with E-state index in [1.54, 1.807) is 23.9 Å². The van der Waals surface area contributed by atoms with Gasteiger partial charge < -0.3 is 19.5 Å². The standard InChI is InChI=1S/C11H21N5O2/c1-5-12-7-9-13-14-11(18-9)16(6-2)8-10(17)15(3)4/h12H,5-8H2,1-4H3. The third kappa shape index (κ3) is 3.99. The number of rotatable bonds is 7. The first-order valence-electron chi connectivity index (χ1n) is 6.06. The van der Waals surface area contributed by atoms with Gasteiger partial charge in [-0.15, -0.1) is 5.10 Å². The predicted octanol–water partition coefficient (Wildman–Crippen LogP) is 0.0936. The minimum Gasteiger partial charge on any atom is -0.407 e. The van der Waals surface area contributed by atoms with Crippen molar-refractivity contribution < 1.29 is 9.21 Å². The summed E-state index contributed by atoms with van der Waals surface area (Å²) in [4.78, 5) is 14.9. The Bertz CT molecular complexity index is 377. The molecule has 1 rings (SSSR count). The molecule has 0 saturated heterocycles. The first-order chi connectivity index (χ1) is 8.58. The van der Waals surface area contributed by atoms with Crippen molar-refractivity contribution in [3.63, 3.8) is 0 Å². The second-order valence-electron chi connectivity index (χ2n) is 4.06. The number of anilines is 1. The summed E-state index contributed by atoms with van der Waals surface area (Å²) >= 11 is 0. The van der Waals surface area contributed by atoms with Gasteiger partial charge in [0, 0.05) is 20.6 Å². The Kier molecular flexibility index (Phi) is 5.57. The monoisotopic (exact) mass is 255 g/mol. The van der Waals surface area contributed by atoms with Crippen molar-refractivity contribution in [1.29, 1.82) is 0 Å². The fourth-order valence-corrected chi connectivity index (χ4v) is 1.30. The van der Waals surface area contributed by atoms with Crippen molar-refractivity contribution in [2.75, 3.05) is 38.6 Å². The first kappa shape index (κ1) is 14.4. The number of amides is 1. The highest BCUT2D eigenvalue weighted by Crippen LogP contribution is 2.11. The lowest BCUT2D eigenvalue weighted by Crippen LogP contribution is -2.36. The van der Waals surface area contributed by atoms with Gasteiger partial charge >= 0.3 is 6.01 Å². The molecule has 0 aliphatic heterocycles. The number of carbonyl (C=O) groups is 1. The van der Waals surface area contributed by atoms with Crippen LogP contribution in [0.5, 0.6) is 0 Å². The zero-order chi connectivity index (χ0) is 13.5. The Balaban J connectivity index is 2.64. The maximum Gasteiger partial charge on any atom is 0.318 e. The van der Waals surface area contributed by atoms with Crippen molar-refractivity contribution in [2.45, 2.75) is 20.4 Å². The fraction of sp³-hybridized carbons (Fsp3) is 0.727. The van der Waals surface area contributed by atoms with Crippen LogP contribution in [0.3, 0.4) is 0 Å². The number of likely N-dealkylation sites (N-methyl/N-ethyl adjacent to an activating group) is 2. The van der Waals surface area contributed by atoms with Crippen molar-refractivity contribution in [3.05, 3.63) is 5.89 Å². The van der Waals surface area contributed by atoms with E-state index < -0.39 is 0 Å². The highest BCUT2D eigenvalue weighted by Gasteiger charge is 2.16. The molecule has 1 amide bonds. The second-order valence-corrected chi connectivity index (χ2v) is 4.06. The van der Waals surface area contributed by atoms with Gasteiger partial charge in [-0.25, -0.2) is 0 Å². The van der Waals surface area contributed by atoms with Crippen LogP contribution in [-0.4, -0.2) is 54.7 Å². The van der Waals surface area contributed by atoms with Crippen LogP contribution < -0.4 is 10.2 Å². The molecule has 7 nitrogen and oxygen atoms in total. The van der Waals surface area contributed by atoms with E-state index in [1.165, 1.54) is 0 Å². The zero-order valence-corrected chi connectivity index (χ0v) is 11.4. The molecule has 1 heterocycles. The van der Waals surface area contributed by atoms with Gasteiger partial charge in [0.1, 0.15) is 6.54 Å². The summed E-state index contributed by atoms with van der Waals surface area (Å²) in [5.74, 6) is 0.533. The molecule has 0 aliphatic carbocycles. The molecule has 102 valence electrons. The summed E-state index contributed by atoms with van der Waals surface area (Å²) in [6, 6.07) is 0.389. The molecule has 0 atom stereocenters. The Morgan fingerprint density at radius 2 is 2.06 bits per heavy atom. The summed E-state index contributed by atoms with van der Waals surface area (Å²) in [6.07, 6.45) is 0. The number of nitrogens with one attached hydrogen (secondary N) is 1. The quantitative estimate of drug-likeness (QED) is 0.744. The van der Waals surface area contributed by atoms with Gasteiger partial charge in [-0.3, -0.25) is 4.79 Å². The lowest BCUT2D eigenvalue weighted by molar-refractivity contribution is -0.127. The highest BCUT2D eigenvalue weighted by molar-refractivity contribution is 5.80. The first-order valence-corrected chi connectivity index (χ1v) is 6.06. The molecule has 1 aromatic rings. The molecule has 0 saturated carbocycles. The summed E-state index contributed by atoms with van der Waals surface area (Å²) < 4.78 is 5.49. The van der Waals surface area contributed by atoms with E-state index in [2.05, 4.69) is 15.5 Å². The van der Waals surface area contributed by atoms with E-state index in [0.717, 1.165) is 6.54 Å².